The summed E-state index contributed by atoms with van der Waals surface area (Å²) < 4.78 is 37.2. The van der Waals surface area contributed by atoms with Crippen molar-refractivity contribution in [3.05, 3.63) is 52.0 Å². The first-order valence-corrected chi connectivity index (χ1v) is 13.8. The number of allylic oxidation sites excluding steroid dienone is 2. The quantitative estimate of drug-likeness (QED) is 0.154. The van der Waals surface area contributed by atoms with E-state index >= 15 is 0 Å². The van der Waals surface area contributed by atoms with Crippen LogP contribution in [0.25, 0.3) is 0 Å². The highest BCUT2D eigenvalue weighted by Gasteiger charge is 2.43. The molecular weight excluding hydrogens is 484 g/mol. The van der Waals surface area contributed by atoms with Crippen LogP contribution in [0.4, 0.5) is 0 Å². The van der Waals surface area contributed by atoms with Crippen molar-refractivity contribution in [3.63, 3.8) is 0 Å². The van der Waals surface area contributed by atoms with Crippen LogP contribution in [0.1, 0.15) is 70.8 Å². The van der Waals surface area contributed by atoms with E-state index < -0.39 is 49.4 Å². The van der Waals surface area contributed by atoms with Crippen molar-refractivity contribution in [3.8, 4) is 0 Å². The van der Waals surface area contributed by atoms with E-state index in [0.717, 1.165) is 44.1 Å². The number of ketones is 2. The molecule has 0 amide bonds. The summed E-state index contributed by atoms with van der Waals surface area (Å²) >= 11 is 0. The third-order valence-corrected chi connectivity index (χ3v) is 7.51. The zero-order valence-electron chi connectivity index (χ0n) is 21.1. The van der Waals surface area contributed by atoms with Gasteiger partial charge in [0.05, 0.1) is 18.1 Å². The topological polar surface area (TPSA) is 121 Å². The summed E-state index contributed by atoms with van der Waals surface area (Å²) in [5.74, 6) is -4.66. The molecule has 1 aliphatic rings. The van der Waals surface area contributed by atoms with Crippen LogP contribution in [0, 0.1) is 6.92 Å². The number of aryl methyl sites for hydroxylation is 1. The molecule has 0 saturated carbocycles. The van der Waals surface area contributed by atoms with Gasteiger partial charge in [-0.25, -0.2) is 18.0 Å². The van der Waals surface area contributed by atoms with Crippen LogP contribution in [0.15, 0.2) is 51.3 Å². The third kappa shape index (κ3) is 7.46. The smallest absolute Gasteiger partial charge is 0.343 e. The molecule has 2 rings (SSSR count). The summed E-state index contributed by atoms with van der Waals surface area (Å²) in [5, 5.41) is 0. The van der Waals surface area contributed by atoms with E-state index in [-0.39, 0.29) is 18.1 Å². The molecule has 1 aliphatic carbocycles. The van der Waals surface area contributed by atoms with Crippen molar-refractivity contribution in [2.45, 2.75) is 77.0 Å². The predicted octanol–water partition coefficient (Wildman–Crippen LogP) is 4.35. The molecule has 0 N–H and O–H groups in total. The van der Waals surface area contributed by atoms with Gasteiger partial charge in [0.15, 0.2) is 5.78 Å². The molecule has 196 valence electrons. The first-order valence-electron chi connectivity index (χ1n) is 12.4. The summed E-state index contributed by atoms with van der Waals surface area (Å²) in [4.78, 5) is 50.3. The lowest BCUT2D eigenvalue weighted by Crippen LogP contribution is -2.32. The Morgan fingerprint density at radius 3 is 1.83 bits per heavy atom. The number of hydrogen-bond donors (Lipinski definition) is 0. The van der Waals surface area contributed by atoms with Gasteiger partial charge < -0.3 is 9.47 Å². The summed E-state index contributed by atoms with van der Waals surface area (Å²) in [6, 6.07) is 5.59. The van der Waals surface area contributed by atoms with Crippen LogP contribution in [0.5, 0.6) is 0 Å². The second-order valence-electron chi connectivity index (χ2n) is 8.67. The van der Waals surface area contributed by atoms with Gasteiger partial charge in [-0.1, -0.05) is 70.1 Å². The van der Waals surface area contributed by atoms with Crippen LogP contribution < -0.4 is 0 Å². The monoisotopic (exact) mass is 518 g/mol. The number of unbranched alkanes of at least 4 members (excludes halogenated alkanes) is 6. The maximum Gasteiger partial charge on any atom is 0.343 e. The highest BCUT2D eigenvalue weighted by atomic mass is 32.2. The van der Waals surface area contributed by atoms with Crippen molar-refractivity contribution >= 4 is 33.3 Å². The SMILES string of the molecule is CCCCCCOC(=O)C1=CC(=O)C(C(=O)OCCCCCC)=C(S(=O)(=O)c2ccc(C)cc2)C1=O. The number of rotatable bonds is 14. The van der Waals surface area contributed by atoms with E-state index in [0.29, 0.717) is 18.9 Å². The summed E-state index contributed by atoms with van der Waals surface area (Å²) in [7, 11) is -4.63. The van der Waals surface area contributed by atoms with Gasteiger partial charge >= 0.3 is 11.9 Å². The fourth-order valence-electron chi connectivity index (χ4n) is 3.59. The largest absolute Gasteiger partial charge is 0.462 e. The summed E-state index contributed by atoms with van der Waals surface area (Å²) in [5.41, 5.74) is -0.843. The number of ether oxygens (including phenoxy) is 2. The predicted molar refractivity (Wildman–Crippen MR) is 134 cm³/mol. The van der Waals surface area contributed by atoms with Gasteiger partial charge in [0.1, 0.15) is 16.1 Å². The van der Waals surface area contributed by atoms with Crippen LogP contribution in [0.2, 0.25) is 0 Å². The molecule has 0 fully saturated rings. The number of esters is 2. The highest BCUT2D eigenvalue weighted by molar-refractivity contribution is 7.96. The number of carbonyl (C=O) groups is 4. The second kappa shape index (κ2) is 13.9. The second-order valence-corrected chi connectivity index (χ2v) is 10.6. The van der Waals surface area contributed by atoms with Crippen molar-refractivity contribution < 1.29 is 37.1 Å². The van der Waals surface area contributed by atoms with Gasteiger partial charge in [0, 0.05) is 6.08 Å². The molecule has 0 saturated heterocycles. The number of benzene rings is 1. The highest BCUT2D eigenvalue weighted by Crippen LogP contribution is 2.30. The first-order chi connectivity index (χ1) is 17.1. The Labute approximate surface area is 212 Å². The molecule has 0 atom stereocenters. The molecule has 0 spiro atoms. The lowest BCUT2D eigenvalue weighted by atomic mass is 9.96. The molecule has 1 aromatic carbocycles. The fourth-order valence-corrected chi connectivity index (χ4v) is 5.13. The number of carbonyl (C=O) groups excluding carboxylic acids is 4. The van der Waals surface area contributed by atoms with Crippen LogP contribution in [0.3, 0.4) is 0 Å². The Hall–Kier alpha value is -3.07. The van der Waals surface area contributed by atoms with Gasteiger partial charge in [-0.3, -0.25) is 9.59 Å². The Morgan fingerprint density at radius 2 is 1.31 bits per heavy atom. The standard InChI is InChI=1S/C27H34O8S/c1-4-6-8-10-16-34-26(30)21-18-22(28)23(27(31)35-17-11-9-7-5-2)25(24(21)29)36(32,33)20-14-12-19(3)13-15-20/h12-15,18H,4-11,16-17H2,1-3H3. The Kier molecular flexibility index (Phi) is 11.2. The fraction of sp³-hybridized carbons (Fsp3) is 0.481. The van der Waals surface area contributed by atoms with Gasteiger partial charge in [-0.05, 0) is 31.9 Å². The van der Waals surface area contributed by atoms with E-state index in [1.54, 1.807) is 6.92 Å². The maximum atomic E-state index is 13.5. The molecule has 0 aliphatic heterocycles. The Balaban J connectivity index is 2.41. The number of hydrogen-bond acceptors (Lipinski definition) is 8. The average molecular weight is 519 g/mol. The molecular formula is C27H34O8S. The van der Waals surface area contributed by atoms with Crippen molar-refractivity contribution in [2.24, 2.45) is 0 Å². The normalized spacial score (nSPS) is 14.0. The minimum absolute atomic E-state index is 0.0219. The molecule has 0 heterocycles. The van der Waals surface area contributed by atoms with Crippen molar-refractivity contribution in [1.82, 2.24) is 0 Å². The molecule has 0 bridgehead atoms. The third-order valence-electron chi connectivity index (χ3n) is 5.69. The summed E-state index contributed by atoms with van der Waals surface area (Å²) in [6.45, 7) is 5.79. The zero-order valence-corrected chi connectivity index (χ0v) is 21.9. The van der Waals surface area contributed by atoms with Crippen molar-refractivity contribution in [1.29, 1.82) is 0 Å². The van der Waals surface area contributed by atoms with Gasteiger partial charge in [0.25, 0.3) is 0 Å². The molecule has 0 aromatic heterocycles. The lowest BCUT2D eigenvalue weighted by Gasteiger charge is -2.18. The minimum atomic E-state index is -4.63. The first kappa shape index (κ1) is 29.2. The van der Waals surface area contributed by atoms with E-state index in [2.05, 4.69) is 0 Å². The van der Waals surface area contributed by atoms with Crippen LogP contribution in [-0.2, 0) is 38.5 Å². The van der Waals surface area contributed by atoms with Gasteiger partial charge in [-0.2, -0.15) is 0 Å². The van der Waals surface area contributed by atoms with Gasteiger partial charge in [0.2, 0.25) is 15.6 Å². The average Bonchev–Trinajstić information content (AvgIpc) is 2.84. The maximum absolute atomic E-state index is 13.5. The minimum Gasteiger partial charge on any atom is -0.462 e. The molecule has 36 heavy (non-hydrogen) atoms. The van der Waals surface area contributed by atoms with Gasteiger partial charge in [-0.15, -0.1) is 0 Å². The lowest BCUT2D eigenvalue weighted by molar-refractivity contribution is -0.143. The van der Waals surface area contributed by atoms with Crippen LogP contribution in [-0.4, -0.2) is 45.1 Å². The molecule has 1 aromatic rings. The number of Topliss-reactive ketones (excluding diaryl/α,β-unsaturated/α-hetero) is 1. The van der Waals surface area contributed by atoms with E-state index in [9.17, 15) is 27.6 Å². The van der Waals surface area contributed by atoms with Crippen LogP contribution >= 0.6 is 0 Å². The molecule has 0 unspecified atom stereocenters. The molecule has 9 heteroatoms. The Bertz CT molecular complexity index is 1140. The summed E-state index contributed by atoms with van der Waals surface area (Å²) in [6.07, 6.45) is 7.19. The zero-order chi connectivity index (χ0) is 26.7. The number of sulfone groups is 1. The van der Waals surface area contributed by atoms with E-state index in [1.807, 2.05) is 13.8 Å². The molecule has 0 radical (unpaired) electrons. The van der Waals surface area contributed by atoms with E-state index in [4.69, 9.17) is 9.47 Å². The van der Waals surface area contributed by atoms with E-state index in [1.165, 1.54) is 24.3 Å². The molecule has 8 nitrogen and oxygen atoms in total. The van der Waals surface area contributed by atoms with Crippen molar-refractivity contribution in [2.75, 3.05) is 13.2 Å². The Morgan fingerprint density at radius 1 is 0.778 bits per heavy atom.